The van der Waals surface area contributed by atoms with E-state index in [-0.39, 0.29) is 5.41 Å². The van der Waals surface area contributed by atoms with E-state index >= 15 is 0 Å². The van der Waals surface area contributed by atoms with E-state index in [0.717, 1.165) is 44.0 Å². The van der Waals surface area contributed by atoms with E-state index in [4.69, 9.17) is 9.47 Å². The van der Waals surface area contributed by atoms with Crippen LogP contribution in [0.1, 0.15) is 83.6 Å². The van der Waals surface area contributed by atoms with Gasteiger partial charge in [-0.15, -0.1) is 0 Å². The molecule has 3 rings (SSSR count). The van der Waals surface area contributed by atoms with Gasteiger partial charge in [-0.1, -0.05) is 51.8 Å². The second kappa shape index (κ2) is 11.2. The van der Waals surface area contributed by atoms with Crippen LogP contribution in [0.15, 0.2) is 29.3 Å². The van der Waals surface area contributed by atoms with E-state index in [1.54, 1.807) is 0 Å². The zero-order valence-corrected chi connectivity index (χ0v) is 18.9. The van der Waals surface area contributed by atoms with Crippen LogP contribution in [0.5, 0.6) is 5.75 Å². The molecule has 1 aliphatic carbocycles. The van der Waals surface area contributed by atoms with Crippen LogP contribution < -0.4 is 4.74 Å². The second-order valence-electron chi connectivity index (χ2n) is 10.3. The lowest BCUT2D eigenvalue weighted by atomic mass is 9.93. The Morgan fingerprint density at radius 1 is 0.966 bits per heavy atom. The van der Waals surface area contributed by atoms with E-state index < -0.39 is 0 Å². The maximum Gasteiger partial charge on any atom is 0.123 e. The summed E-state index contributed by atoms with van der Waals surface area (Å²) in [5, 5.41) is 0. The first-order valence-electron chi connectivity index (χ1n) is 11.8. The van der Waals surface area contributed by atoms with Crippen LogP contribution in [0.3, 0.4) is 0 Å². The summed E-state index contributed by atoms with van der Waals surface area (Å²) in [6.45, 7) is 10.4. The third kappa shape index (κ3) is 7.77. The van der Waals surface area contributed by atoms with Crippen LogP contribution in [0.4, 0.5) is 0 Å². The minimum absolute atomic E-state index is 0.268. The van der Waals surface area contributed by atoms with Gasteiger partial charge in [0.25, 0.3) is 0 Å². The van der Waals surface area contributed by atoms with Crippen molar-refractivity contribution in [2.75, 3.05) is 26.4 Å². The van der Waals surface area contributed by atoms with Crippen molar-refractivity contribution in [2.45, 2.75) is 78.1 Å². The molecular formula is C26H41NO2. The molecule has 0 aromatic heterocycles. The summed E-state index contributed by atoms with van der Waals surface area (Å²) in [6, 6.07) is 8.56. The highest BCUT2D eigenvalue weighted by Gasteiger charge is 2.21. The SMILES string of the molecule is CC(C)(C)COCC1CCCC(CCOc2ccccc2C2C=NCCC2)CC1. The van der Waals surface area contributed by atoms with Gasteiger partial charge in [0.15, 0.2) is 0 Å². The molecule has 3 atom stereocenters. The van der Waals surface area contributed by atoms with E-state index in [0.29, 0.717) is 5.92 Å². The van der Waals surface area contributed by atoms with Crippen molar-refractivity contribution in [2.24, 2.45) is 22.2 Å². The topological polar surface area (TPSA) is 30.8 Å². The van der Waals surface area contributed by atoms with Crippen LogP contribution in [-0.2, 0) is 4.74 Å². The van der Waals surface area contributed by atoms with E-state index in [2.05, 4.69) is 56.2 Å². The number of aliphatic imine (C=N–C) groups is 1. The minimum atomic E-state index is 0.268. The first-order chi connectivity index (χ1) is 14.0. The van der Waals surface area contributed by atoms with Crippen molar-refractivity contribution in [3.63, 3.8) is 0 Å². The zero-order valence-electron chi connectivity index (χ0n) is 18.9. The summed E-state index contributed by atoms with van der Waals surface area (Å²) in [4.78, 5) is 4.49. The highest BCUT2D eigenvalue weighted by Crippen LogP contribution is 2.32. The first-order valence-corrected chi connectivity index (χ1v) is 11.8. The van der Waals surface area contributed by atoms with Gasteiger partial charge < -0.3 is 9.47 Å². The lowest BCUT2D eigenvalue weighted by Gasteiger charge is -2.21. The Bertz CT molecular complexity index is 634. The number of hydrogen-bond donors (Lipinski definition) is 0. The lowest BCUT2D eigenvalue weighted by molar-refractivity contribution is 0.0439. The van der Waals surface area contributed by atoms with Crippen LogP contribution >= 0.6 is 0 Å². The fraction of sp³-hybridized carbons (Fsp3) is 0.731. The number of ether oxygens (including phenoxy) is 2. The summed E-state index contributed by atoms with van der Waals surface area (Å²) >= 11 is 0. The summed E-state index contributed by atoms with van der Waals surface area (Å²) < 4.78 is 12.3. The third-order valence-corrected chi connectivity index (χ3v) is 6.29. The van der Waals surface area contributed by atoms with Crippen molar-refractivity contribution in [3.8, 4) is 5.75 Å². The van der Waals surface area contributed by atoms with Gasteiger partial charge in [0.2, 0.25) is 0 Å². The summed E-state index contributed by atoms with van der Waals surface area (Å²) in [5.41, 5.74) is 1.58. The number of benzene rings is 1. The Balaban J connectivity index is 1.41. The first kappa shape index (κ1) is 22.3. The Morgan fingerprint density at radius 2 is 1.76 bits per heavy atom. The molecule has 3 heteroatoms. The van der Waals surface area contributed by atoms with Gasteiger partial charge in [-0.25, -0.2) is 0 Å². The molecule has 1 aromatic rings. The van der Waals surface area contributed by atoms with Gasteiger partial charge in [-0.2, -0.15) is 0 Å². The molecule has 3 nitrogen and oxygen atoms in total. The average Bonchev–Trinajstić information content (AvgIpc) is 2.93. The molecule has 3 unspecified atom stereocenters. The fourth-order valence-corrected chi connectivity index (χ4v) is 4.61. The number of para-hydroxylation sites is 1. The normalized spacial score (nSPS) is 25.6. The molecule has 162 valence electrons. The van der Waals surface area contributed by atoms with E-state index in [9.17, 15) is 0 Å². The highest BCUT2D eigenvalue weighted by molar-refractivity contribution is 5.70. The Morgan fingerprint density at radius 3 is 2.55 bits per heavy atom. The maximum absolute atomic E-state index is 6.28. The van der Waals surface area contributed by atoms with Crippen molar-refractivity contribution in [3.05, 3.63) is 29.8 Å². The minimum Gasteiger partial charge on any atom is -0.493 e. The van der Waals surface area contributed by atoms with Crippen LogP contribution in [0.25, 0.3) is 0 Å². The Kier molecular flexibility index (Phi) is 8.59. The monoisotopic (exact) mass is 399 g/mol. The number of hydrogen-bond acceptors (Lipinski definition) is 3. The predicted octanol–water partition coefficient (Wildman–Crippen LogP) is 6.66. The van der Waals surface area contributed by atoms with E-state index in [1.807, 2.05) is 0 Å². The van der Waals surface area contributed by atoms with Crippen LogP contribution in [0.2, 0.25) is 0 Å². The molecule has 2 aliphatic rings. The largest absolute Gasteiger partial charge is 0.493 e. The Hall–Kier alpha value is -1.35. The molecule has 1 saturated carbocycles. The molecule has 0 saturated heterocycles. The summed E-state index contributed by atoms with van der Waals surface area (Å²) in [7, 11) is 0. The number of nitrogens with zero attached hydrogens (tertiary/aromatic N) is 1. The van der Waals surface area contributed by atoms with Crippen molar-refractivity contribution < 1.29 is 9.47 Å². The molecular weight excluding hydrogens is 358 g/mol. The molecule has 0 amide bonds. The molecule has 1 fully saturated rings. The molecule has 29 heavy (non-hydrogen) atoms. The molecule has 1 aromatic carbocycles. The van der Waals surface area contributed by atoms with Gasteiger partial charge in [0.05, 0.1) is 13.2 Å². The molecule has 1 aliphatic heterocycles. The average molecular weight is 400 g/mol. The van der Waals surface area contributed by atoms with Gasteiger partial charge in [0, 0.05) is 30.8 Å². The van der Waals surface area contributed by atoms with Crippen LogP contribution in [-0.4, -0.2) is 32.6 Å². The third-order valence-electron chi connectivity index (χ3n) is 6.29. The standard InChI is InChI=1S/C26H41NO2/c1-26(2,3)20-28-19-22-9-6-8-21(13-14-22)15-17-29-25-12-5-4-11-24(25)23-10-7-16-27-18-23/h4-5,11-12,18,21-23H,6-10,13-17,19-20H2,1-3H3. The van der Waals surface area contributed by atoms with Crippen molar-refractivity contribution in [1.82, 2.24) is 0 Å². The second-order valence-corrected chi connectivity index (χ2v) is 10.3. The molecule has 1 heterocycles. The van der Waals surface area contributed by atoms with Crippen molar-refractivity contribution >= 4 is 6.21 Å². The predicted molar refractivity (Wildman–Crippen MR) is 122 cm³/mol. The highest BCUT2D eigenvalue weighted by atomic mass is 16.5. The maximum atomic E-state index is 6.28. The van der Waals surface area contributed by atoms with Gasteiger partial charge >= 0.3 is 0 Å². The fourth-order valence-electron chi connectivity index (χ4n) is 4.61. The molecule has 0 radical (unpaired) electrons. The summed E-state index contributed by atoms with van der Waals surface area (Å²) in [5.74, 6) is 3.03. The van der Waals surface area contributed by atoms with Gasteiger partial charge in [-0.3, -0.25) is 4.99 Å². The molecule has 0 N–H and O–H groups in total. The van der Waals surface area contributed by atoms with Crippen molar-refractivity contribution in [1.29, 1.82) is 0 Å². The van der Waals surface area contributed by atoms with Gasteiger partial charge in [-0.05, 0) is 61.8 Å². The smallest absolute Gasteiger partial charge is 0.123 e. The summed E-state index contributed by atoms with van der Waals surface area (Å²) in [6.07, 6.45) is 12.3. The van der Waals surface area contributed by atoms with Gasteiger partial charge in [0.1, 0.15) is 5.75 Å². The molecule has 0 spiro atoms. The zero-order chi connectivity index (χ0) is 20.5. The number of rotatable bonds is 8. The lowest BCUT2D eigenvalue weighted by Crippen LogP contribution is -2.18. The quantitative estimate of drug-likeness (QED) is 0.457. The van der Waals surface area contributed by atoms with E-state index in [1.165, 1.54) is 56.9 Å². The van der Waals surface area contributed by atoms with Crippen LogP contribution in [0, 0.1) is 17.3 Å². The molecule has 0 bridgehead atoms. The Labute approximate surface area is 178 Å².